The number of benzene rings is 2. The number of carbonyl (C=O) groups excluding carboxylic acids is 1. The highest BCUT2D eigenvalue weighted by molar-refractivity contribution is 6.01. The van der Waals surface area contributed by atoms with Gasteiger partial charge in [0.15, 0.2) is 5.78 Å². The van der Waals surface area contributed by atoms with Gasteiger partial charge in [-0.3, -0.25) is 4.79 Å². The Balaban J connectivity index is 1.96. The van der Waals surface area contributed by atoms with Gasteiger partial charge in [-0.05, 0) is 61.1 Å². The van der Waals surface area contributed by atoms with Gasteiger partial charge in [0.2, 0.25) is 0 Å². The van der Waals surface area contributed by atoms with Gasteiger partial charge in [-0.25, -0.2) is 0 Å². The van der Waals surface area contributed by atoms with Crippen LogP contribution >= 0.6 is 0 Å². The third-order valence-corrected chi connectivity index (χ3v) is 5.69. The highest BCUT2D eigenvalue weighted by Crippen LogP contribution is 2.42. The van der Waals surface area contributed by atoms with E-state index in [9.17, 15) is 4.79 Å². The lowest BCUT2D eigenvalue weighted by molar-refractivity contribution is 0.0430. The molecule has 5 nitrogen and oxygen atoms in total. The van der Waals surface area contributed by atoms with Crippen LogP contribution in [0.1, 0.15) is 41.1 Å². The van der Waals surface area contributed by atoms with Crippen LogP contribution in [0, 0.1) is 5.92 Å². The fourth-order valence-corrected chi connectivity index (χ4v) is 4.09. The Morgan fingerprint density at radius 1 is 0.857 bits per heavy atom. The van der Waals surface area contributed by atoms with E-state index >= 15 is 0 Å². The molecular formula is C23H28O5. The van der Waals surface area contributed by atoms with Gasteiger partial charge in [-0.15, -0.1) is 0 Å². The van der Waals surface area contributed by atoms with Crippen molar-refractivity contribution in [1.29, 1.82) is 0 Å². The third kappa shape index (κ3) is 4.14. The first-order valence-electron chi connectivity index (χ1n) is 9.54. The average Bonchev–Trinajstić information content (AvgIpc) is 2.77. The topological polar surface area (TPSA) is 54.0 Å². The zero-order valence-corrected chi connectivity index (χ0v) is 16.9. The average molecular weight is 384 g/mol. The second kappa shape index (κ2) is 9.11. The van der Waals surface area contributed by atoms with E-state index in [1.54, 1.807) is 46.6 Å². The molecule has 0 amide bonds. The first kappa shape index (κ1) is 20.2. The van der Waals surface area contributed by atoms with Gasteiger partial charge < -0.3 is 18.9 Å². The van der Waals surface area contributed by atoms with Crippen molar-refractivity contribution >= 4 is 5.78 Å². The maximum Gasteiger partial charge on any atom is 0.170 e. The van der Waals surface area contributed by atoms with E-state index in [2.05, 4.69) is 0 Å². The molecule has 3 atom stereocenters. The SMILES string of the molecule is COc1ccc(C2CC(OC)CCC2C(=O)c2cc(OC)ccc2OC)cc1. The van der Waals surface area contributed by atoms with Crippen molar-refractivity contribution in [2.24, 2.45) is 5.92 Å². The standard InChI is InChI=1S/C23H28O5/c1-25-16-7-5-15(6-8-16)20-13-17(26-2)9-11-19(20)23(24)21-14-18(27-3)10-12-22(21)28-4/h5-8,10,12,14,17,19-20H,9,11,13H2,1-4H3. The molecule has 2 aromatic rings. The molecule has 1 aliphatic rings. The van der Waals surface area contributed by atoms with Crippen molar-refractivity contribution in [3.8, 4) is 17.2 Å². The van der Waals surface area contributed by atoms with E-state index < -0.39 is 0 Å². The molecule has 3 unspecified atom stereocenters. The highest BCUT2D eigenvalue weighted by atomic mass is 16.5. The molecule has 2 aromatic carbocycles. The van der Waals surface area contributed by atoms with Crippen LogP contribution < -0.4 is 14.2 Å². The van der Waals surface area contributed by atoms with Crippen molar-refractivity contribution in [3.05, 3.63) is 53.6 Å². The summed E-state index contributed by atoms with van der Waals surface area (Å²) in [5, 5.41) is 0. The quantitative estimate of drug-likeness (QED) is 0.658. The molecule has 0 bridgehead atoms. The Kier molecular flexibility index (Phi) is 6.57. The molecule has 0 heterocycles. The van der Waals surface area contributed by atoms with Crippen molar-refractivity contribution in [1.82, 2.24) is 0 Å². The summed E-state index contributed by atoms with van der Waals surface area (Å²) >= 11 is 0. The molecule has 0 aromatic heterocycles. The van der Waals surface area contributed by atoms with Crippen LogP contribution in [-0.4, -0.2) is 40.3 Å². The lowest BCUT2D eigenvalue weighted by Crippen LogP contribution is -2.32. The van der Waals surface area contributed by atoms with Crippen LogP contribution in [0.15, 0.2) is 42.5 Å². The summed E-state index contributed by atoms with van der Waals surface area (Å²) in [5.41, 5.74) is 1.70. The summed E-state index contributed by atoms with van der Waals surface area (Å²) in [5.74, 6) is 2.06. The minimum absolute atomic E-state index is 0.0769. The van der Waals surface area contributed by atoms with Gasteiger partial charge in [0.1, 0.15) is 17.2 Å². The first-order chi connectivity index (χ1) is 13.6. The molecule has 0 aliphatic heterocycles. The summed E-state index contributed by atoms with van der Waals surface area (Å²) in [4.78, 5) is 13.5. The van der Waals surface area contributed by atoms with Gasteiger partial charge in [0.05, 0.1) is 33.0 Å². The lowest BCUT2D eigenvalue weighted by atomic mass is 9.71. The Labute approximate surface area is 166 Å². The number of hydrogen-bond donors (Lipinski definition) is 0. The summed E-state index contributed by atoms with van der Waals surface area (Å²) in [6.45, 7) is 0. The van der Waals surface area contributed by atoms with Crippen LogP contribution in [-0.2, 0) is 4.74 Å². The number of ether oxygens (including phenoxy) is 4. The maximum absolute atomic E-state index is 13.5. The third-order valence-electron chi connectivity index (χ3n) is 5.69. The maximum atomic E-state index is 13.5. The monoisotopic (exact) mass is 384 g/mol. The van der Waals surface area contributed by atoms with E-state index in [-0.39, 0.29) is 23.7 Å². The van der Waals surface area contributed by atoms with E-state index in [4.69, 9.17) is 18.9 Å². The minimum atomic E-state index is -0.138. The van der Waals surface area contributed by atoms with Crippen LogP contribution in [0.3, 0.4) is 0 Å². The molecule has 1 saturated carbocycles. The second-order valence-corrected chi connectivity index (χ2v) is 7.09. The summed E-state index contributed by atoms with van der Waals surface area (Å²) < 4.78 is 21.7. The molecule has 1 fully saturated rings. The zero-order chi connectivity index (χ0) is 20.1. The van der Waals surface area contributed by atoms with Gasteiger partial charge in [0.25, 0.3) is 0 Å². The van der Waals surface area contributed by atoms with Crippen LogP contribution in [0.2, 0.25) is 0 Å². The molecule has 0 spiro atoms. The fraction of sp³-hybridized carbons (Fsp3) is 0.435. The number of carbonyl (C=O) groups is 1. The first-order valence-corrected chi connectivity index (χ1v) is 9.54. The number of rotatable bonds is 7. The van der Waals surface area contributed by atoms with E-state index in [1.165, 1.54) is 0 Å². The van der Waals surface area contributed by atoms with Gasteiger partial charge in [-0.1, -0.05) is 12.1 Å². The largest absolute Gasteiger partial charge is 0.497 e. The second-order valence-electron chi connectivity index (χ2n) is 7.09. The smallest absolute Gasteiger partial charge is 0.170 e. The lowest BCUT2D eigenvalue weighted by Gasteiger charge is -2.35. The van der Waals surface area contributed by atoms with Crippen molar-refractivity contribution in [2.45, 2.75) is 31.3 Å². The summed E-state index contributed by atoms with van der Waals surface area (Å²) in [6.07, 6.45) is 2.61. The zero-order valence-electron chi connectivity index (χ0n) is 16.9. The fourth-order valence-electron chi connectivity index (χ4n) is 4.09. The van der Waals surface area contributed by atoms with E-state index in [0.717, 1.165) is 30.6 Å². The Hall–Kier alpha value is -2.53. The Bertz CT molecular complexity index is 799. The van der Waals surface area contributed by atoms with Gasteiger partial charge in [0, 0.05) is 13.0 Å². The minimum Gasteiger partial charge on any atom is -0.497 e. The molecule has 0 saturated heterocycles. The number of ketones is 1. The molecule has 0 radical (unpaired) electrons. The predicted molar refractivity (Wildman–Crippen MR) is 108 cm³/mol. The molecule has 0 N–H and O–H groups in total. The van der Waals surface area contributed by atoms with E-state index in [0.29, 0.717) is 17.1 Å². The number of methoxy groups -OCH3 is 4. The Morgan fingerprint density at radius 3 is 2.14 bits per heavy atom. The summed E-state index contributed by atoms with van der Waals surface area (Å²) in [7, 11) is 6.57. The Morgan fingerprint density at radius 2 is 1.54 bits per heavy atom. The molecule has 3 rings (SSSR count). The number of hydrogen-bond acceptors (Lipinski definition) is 5. The number of Topliss-reactive ketones (excluding diaryl/α,β-unsaturated/α-hetero) is 1. The molecule has 28 heavy (non-hydrogen) atoms. The van der Waals surface area contributed by atoms with Crippen molar-refractivity contribution in [2.75, 3.05) is 28.4 Å². The van der Waals surface area contributed by atoms with Crippen molar-refractivity contribution < 1.29 is 23.7 Å². The van der Waals surface area contributed by atoms with Crippen LogP contribution in [0.4, 0.5) is 0 Å². The van der Waals surface area contributed by atoms with Crippen molar-refractivity contribution in [3.63, 3.8) is 0 Å². The predicted octanol–water partition coefficient (Wildman–Crippen LogP) is 4.49. The highest BCUT2D eigenvalue weighted by Gasteiger charge is 2.37. The van der Waals surface area contributed by atoms with Gasteiger partial charge in [-0.2, -0.15) is 0 Å². The molecule has 1 aliphatic carbocycles. The van der Waals surface area contributed by atoms with Crippen LogP contribution in [0.25, 0.3) is 0 Å². The molecule has 150 valence electrons. The van der Waals surface area contributed by atoms with Crippen LogP contribution in [0.5, 0.6) is 17.2 Å². The normalized spacial score (nSPS) is 21.8. The van der Waals surface area contributed by atoms with E-state index in [1.807, 2.05) is 24.3 Å². The molecule has 5 heteroatoms. The molecular weight excluding hydrogens is 356 g/mol. The van der Waals surface area contributed by atoms with Gasteiger partial charge >= 0.3 is 0 Å². The summed E-state index contributed by atoms with van der Waals surface area (Å²) in [6, 6.07) is 13.3.